The van der Waals surface area contributed by atoms with Gasteiger partial charge in [-0.25, -0.2) is 0 Å². The lowest BCUT2D eigenvalue weighted by Gasteiger charge is -2.30. The van der Waals surface area contributed by atoms with E-state index in [1.54, 1.807) is 0 Å². The first-order chi connectivity index (χ1) is 8.59. The third-order valence-electron chi connectivity index (χ3n) is 2.91. The molecule has 1 aromatic carbocycles. The molecule has 0 bridgehead atoms. The molecule has 4 heteroatoms. The summed E-state index contributed by atoms with van der Waals surface area (Å²) in [6.45, 7) is 3.83. The number of benzene rings is 1. The van der Waals surface area contributed by atoms with Crippen molar-refractivity contribution in [2.24, 2.45) is 0 Å². The monoisotopic (exact) mass is 358 g/mol. The summed E-state index contributed by atoms with van der Waals surface area (Å²) < 4.78 is 12.1. The fourth-order valence-corrected chi connectivity index (χ4v) is 2.82. The van der Waals surface area contributed by atoms with Crippen molar-refractivity contribution < 1.29 is 14.3 Å². The van der Waals surface area contributed by atoms with Gasteiger partial charge in [0.1, 0.15) is 12.2 Å². The standard InChI is InChI=1S/C14H15IO3/c1-9-12(18-10(2)16)8-17-14(13(9)15)11-6-4-3-5-7-11/h3-7,12,14H,8H2,1-2H3/t12-,14+/m0/s1. The molecule has 3 nitrogen and oxygen atoms in total. The van der Waals surface area contributed by atoms with Gasteiger partial charge >= 0.3 is 5.97 Å². The lowest BCUT2D eigenvalue weighted by atomic mass is 10.0. The lowest BCUT2D eigenvalue weighted by molar-refractivity contribution is -0.148. The Kier molecular flexibility index (Phi) is 4.40. The number of rotatable bonds is 2. The van der Waals surface area contributed by atoms with E-state index in [1.807, 2.05) is 37.3 Å². The van der Waals surface area contributed by atoms with Gasteiger partial charge in [0.25, 0.3) is 0 Å². The van der Waals surface area contributed by atoms with E-state index in [1.165, 1.54) is 6.92 Å². The maximum Gasteiger partial charge on any atom is 0.303 e. The van der Waals surface area contributed by atoms with E-state index < -0.39 is 0 Å². The zero-order valence-corrected chi connectivity index (χ0v) is 12.5. The zero-order valence-electron chi connectivity index (χ0n) is 10.4. The van der Waals surface area contributed by atoms with Crippen LogP contribution in [-0.4, -0.2) is 18.7 Å². The van der Waals surface area contributed by atoms with Crippen molar-refractivity contribution >= 4 is 28.6 Å². The normalized spacial score (nSPS) is 23.9. The smallest absolute Gasteiger partial charge is 0.303 e. The van der Waals surface area contributed by atoms with Crippen LogP contribution in [0.25, 0.3) is 0 Å². The average molecular weight is 358 g/mol. The van der Waals surface area contributed by atoms with Gasteiger partial charge in [0.2, 0.25) is 0 Å². The molecule has 0 unspecified atom stereocenters. The van der Waals surface area contributed by atoms with Crippen molar-refractivity contribution in [1.29, 1.82) is 0 Å². The second kappa shape index (κ2) is 5.84. The summed E-state index contributed by atoms with van der Waals surface area (Å²) in [6, 6.07) is 10.1. The first-order valence-electron chi connectivity index (χ1n) is 5.79. The van der Waals surface area contributed by atoms with Crippen LogP contribution in [-0.2, 0) is 14.3 Å². The molecule has 0 radical (unpaired) electrons. The summed E-state index contributed by atoms with van der Waals surface area (Å²) in [6.07, 6.45) is -0.298. The summed E-state index contributed by atoms with van der Waals surface area (Å²) in [5.74, 6) is -0.273. The Morgan fingerprint density at radius 1 is 1.39 bits per heavy atom. The van der Waals surface area contributed by atoms with Crippen LogP contribution in [0.5, 0.6) is 0 Å². The molecule has 0 saturated heterocycles. The molecule has 1 aliphatic heterocycles. The first kappa shape index (κ1) is 13.5. The molecule has 1 aromatic rings. The maximum absolute atomic E-state index is 11.0. The average Bonchev–Trinajstić information content (AvgIpc) is 2.36. The van der Waals surface area contributed by atoms with E-state index in [2.05, 4.69) is 22.6 Å². The molecule has 0 fully saturated rings. The molecule has 0 amide bonds. The van der Waals surface area contributed by atoms with Crippen molar-refractivity contribution in [2.45, 2.75) is 26.1 Å². The molecular formula is C14H15IO3. The molecule has 0 aliphatic carbocycles. The van der Waals surface area contributed by atoms with Crippen LogP contribution in [0, 0.1) is 0 Å². The van der Waals surface area contributed by atoms with Gasteiger partial charge in [0.05, 0.1) is 6.61 Å². The number of ether oxygens (including phenoxy) is 2. The van der Waals surface area contributed by atoms with E-state index in [0.29, 0.717) is 6.61 Å². The van der Waals surface area contributed by atoms with Gasteiger partial charge in [-0.2, -0.15) is 0 Å². The molecule has 0 spiro atoms. The Labute approximate surface area is 120 Å². The van der Waals surface area contributed by atoms with Gasteiger partial charge in [-0.05, 0) is 40.7 Å². The molecule has 1 aliphatic rings. The van der Waals surface area contributed by atoms with Gasteiger partial charge in [0.15, 0.2) is 0 Å². The largest absolute Gasteiger partial charge is 0.456 e. The zero-order chi connectivity index (χ0) is 13.1. The van der Waals surface area contributed by atoms with Gasteiger partial charge in [0, 0.05) is 10.5 Å². The van der Waals surface area contributed by atoms with E-state index >= 15 is 0 Å². The Morgan fingerprint density at radius 2 is 2.06 bits per heavy atom. The van der Waals surface area contributed by atoms with E-state index in [9.17, 15) is 4.79 Å². The summed E-state index contributed by atoms with van der Waals surface area (Å²) in [5.41, 5.74) is 2.20. The van der Waals surface area contributed by atoms with Crippen molar-refractivity contribution in [3.8, 4) is 0 Å². The molecular weight excluding hydrogens is 343 g/mol. The summed E-state index contributed by atoms with van der Waals surface area (Å²) in [4.78, 5) is 11.0. The number of hydrogen-bond acceptors (Lipinski definition) is 3. The quantitative estimate of drug-likeness (QED) is 0.601. The third-order valence-corrected chi connectivity index (χ3v) is 4.33. The van der Waals surface area contributed by atoms with Crippen LogP contribution in [0.4, 0.5) is 0 Å². The minimum absolute atomic E-state index is 0.0430. The number of esters is 1. The van der Waals surface area contributed by atoms with Crippen molar-refractivity contribution in [3.05, 3.63) is 45.0 Å². The first-order valence-corrected chi connectivity index (χ1v) is 6.87. The van der Waals surface area contributed by atoms with Crippen LogP contribution in [0.2, 0.25) is 0 Å². The van der Waals surface area contributed by atoms with E-state index in [-0.39, 0.29) is 18.2 Å². The van der Waals surface area contributed by atoms with Crippen LogP contribution in [0.3, 0.4) is 0 Å². The number of hydrogen-bond donors (Lipinski definition) is 0. The Balaban J connectivity index is 2.23. The SMILES string of the molecule is CC(=O)O[C@H]1CO[C@H](c2ccccc2)C(I)=C1C. The molecule has 2 rings (SSSR count). The van der Waals surface area contributed by atoms with Gasteiger partial charge < -0.3 is 9.47 Å². The highest BCUT2D eigenvalue weighted by atomic mass is 127. The Bertz CT molecular complexity index is 467. The Hall–Kier alpha value is -0.880. The topological polar surface area (TPSA) is 35.5 Å². The molecule has 0 N–H and O–H groups in total. The second-order valence-corrected chi connectivity index (χ2v) is 5.42. The summed E-state index contributed by atoms with van der Waals surface area (Å²) in [5, 5.41) is 0. The molecule has 2 atom stereocenters. The molecule has 0 saturated carbocycles. The van der Waals surface area contributed by atoms with Crippen LogP contribution in [0.1, 0.15) is 25.5 Å². The van der Waals surface area contributed by atoms with Gasteiger partial charge in [-0.15, -0.1) is 0 Å². The maximum atomic E-state index is 11.0. The van der Waals surface area contributed by atoms with Crippen molar-refractivity contribution in [3.63, 3.8) is 0 Å². The fourth-order valence-electron chi connectivity index (χ4n) is 1.94. The predicted octanol–water partition coefficient (Wildman–Crippen LogP) is 3.40. The Morgan fingerprint density at radius 3 is 2.67 bits per heavy atom. The van der Waals surface area contributed by atoms with Crippen LogP contribution >= 0.6 is 22.6 Å². The number of carbonyl (C=O) groups is 1. The highest BCUT2D eigenvalue weighted by Crippen LogP contribution is 2.38. The van der Waals surface area contributed by atoms with Crippen molar-refractivity contribution in [1.82, 2.24) is 0 Å². The molecule has 18 heavy (non-hydrogen) atoms. The second-order valence-electron chi connectivity index (χ2n) is 4.25. The summed E-state index contributed by atoms with van der Waals surface area (Å²) in [7, 11) is 0. The third kappa shape index (κ3) is 2.92. The summed E-state index contributed by atoms with van der Waals surface area (Å²) >= 11 is 2.27. The van der Waals surface area contributed by atoms with Crippen LogP contribution in [0.15, 0.2) is 39.5 Å². The van der Waals surface area contributed by atoms with E-state index in [0.717, 1.165) is 14.7 Å². The predicted molar refractivity (Wildman–Crippen MR) is 77.4 cm³/mol. The number of halogens is 1. The molecule has 0 aromatic heterocycles. The molecule has 96 valence electrons. The minimum Gasteiger partial charge on any atom is -0.456 e. The fraction of sp³-hybridized carbons (Fsp3) is 0.357. The molecule has 1 heterocycles. The lowest BCUT2D eigenvalue weighted by Crippen LogP contribution is -2.30. The van der Waals surface area contributed by atoms with Crippen LogP contribution < -0.4 is 0 Å². The van der Waals surface area contributed by atoms with Crippen molar-refractivity contribution in [2.75, 3.05) is 6.61 Å². The van der Waals surface area contributed by atoms with Gasteiger partial charge in [-0.1, -0.05) is 30.3 Å². The van der Waals surface area contributed by atoms with E-state index in [4.69, 9.17) is 9.47 Å². The number of carbonyl (C=O) groups excluding carboxylic acids is 1. The highest BCUT2D eigenvalue weighted by molar-refractivity contribution is 14.1. The highest BCUT2D eigenvalue weighted by Gasteiger charge is 2.29. The van der Waals surface area contributed by atoms with Gasteiger partial charge in [-0.3, -0.25) is 4.79 Å². The minimum atomic E-state index is -0.273.